The van der Waals surface area contributed by atoms with Gasteiger partial charge in [-0.15, -0.1) is 0 Å². The summed E-state index contributed by atoms with van der Waals surface area (Å²) in [6.07, 6.45) is 7.90. The van der Waals surface area contributed by atoms with Gasteiger partial charge in [-0.1, -0.05) is 15.9 Å². The molecule has 4 aliphatic carbocycles. The quantitative estimate of drug-likeness (QED) is 0.812. The second-order valence-corrected chi connectivity index (χ2v) is 9.98. The number of anilines is 1. The summed E-state index contributed by atoms with van der Waals surface area (Å²) in [5, 5.41) is 3.44. The molecule has 4 saturated carbocycles. The Bertz CT molecular complexity index is 710. The molecule has 5 heteroatoms. The predicted octanol–water partition coefficient (Wildman–Crippen LogP) is 3.89. The topological polar surface area (TPSA) is 49.4 Å². The third-order valence-corrected chi connectivity index (χ3v) is 7.59. The van der Waals surface area contributed by atoms with Gasteiger partial charge in [0.1, 0.15) is 0 Å². The highest BCUT2D eigenvalue weighted by Gasteiger charge is 2.52. The first-order valence-corrected chi connectivity index (χ1v) is 10.7. The van der Waals surface area contributed by atoms with Crippen LogP contribution in [0.5, 0.6) is 0 Å². The van der Waals surface area contributed by atoms with Crippen LogP contribution in [0.1, 0.15) is 44.9 Å². The first kappa shape index (κ1) is 16.8. The molecule has 0 radical (unpaired) electrons. The molecule has 0 aromatic heterocycles. The van der Waals surface area contributed by atoms with Crippen molar-refractivity contribution in [1.29, 1.82) is 0 Å². The molecule has 5 fully saturated rings. The Labute approximate surface area is 162 Å². The van der Waals surface area contributed by atoms with Crippen molar-refractivity contribution in [3.63, 3.8) is 0 Å². The van der Waals surface area contributed by atoms with Gasteiger partial charge in [-0.05, 0) is 80.5 Å². The minimum atomic E-state index is -0.223. The van der Waals surface area contributed by atoms with E-state index in [4.69, 9.17) is 0 Å². The van der Waals surface area contributed by atoms with Gasteiger partial charge in [-0.3, -0.25) is 9.59 Å². The first-order valence-electron chi connectivity index (χ1n) is 9.88. The van der Waals surface area contributed by atoms with Crippen LogP contribution in [0.3, 0.4) is 0 Å². The van der Waals surface area contributed by atoms with E-state index in [1.165, 1.54) is 19.3 Å². The van der Waals surface area contributed by atoms with Gasteiger partial charge in [-0.25, -0.2) is 0 Å². The SMILES string of the molecule is O=C(NC12CC3CC(CC(C3)C1)C2)[C@H]1CC(=O)N(c2ccc(Br)cc2)C1. The fourth-order valence-electron chi connectivity index (χ4n) is 6.38. The molecule has 1 atom stereocenters. The highest BCUT2D eigenvalue weighted by molar-refractivity contribution is 9.10. The summed E-state index contributed by atoms with van der Waals surface area (Å²) < 4.78 is 0.990. The predicted molar refractivity (Wildman–Crippen MR) is 104 cm³/mol. The Hall–Kier alpha value is -1.36. The molecule has 1 N–H and O–H groups in total. The molecule has 5 aliphatic rings. The van der Waals surface area contributed by atoms with Crippen LogP contribution in [0.25, 0.3) is 0 Å². The summed E-state index contributed by atoms with van der Waals surface area (Å²) in [6.45, 7) is 0.499. The zero-order valence-electron chi connectivity index (χ0n) is 14.9. The Morgan fingerprint density at radius 1 is 1.04 bits per heavy atom. The number of nitrogens with one attached hydrogen (secondary N) is 1. The van der Waals surface area contributed by atoms with Crippen molar-refractivity contribution >= 4 is 33.4 Å². The van der Waals surface area contributed by atoms with E-state index < -0.39 is 0 Å². The molecule has 0 spiro atoms. The highest BCUT2D eigenvalue weighted by atomic mass is 79.9. The number of amides is 2. The molecule has 1 aromatic rings. The molecule has 4 bridgehead atoms. The molecular formula is C21H25BrN2O2. The van der Waals surface area contributed by atoms with E-state index in [2.05, 4.69) is 21.2 Å². The average molecular weight is 417 g/mol. The van der Waals surface area contributed by atoms with Crippen LogP contribution < -0.4 is 10.2 Å². The van der Waals surface area contributed by atoms with Crippen molar-refractivity contribution < 1.29 is 9.59 Å². The first-order chi connectivity index (χ1) is 12.5. The molecule has 1 heterocycles. The standard InChI is InChI=1S/C21H25BrN2O2/c22-17-1-3-18(4-2-17)24-12-16(8-19(24)25)20(26)23-21-9-13-5-14(10-21)7-15(6-13)11-21/h1-4,13-16H,5-12H2,(H,23,26)/t13?,14?,15?,16-,21?/m0/s1. The minimum absolute atomic E-state index is 0.0277. The second-order valence-electron chi connectivity index (χ2n) is 9.07. The summed E-state index contributed by atoms with van der Waals surface area (Å²) in [5.41, 5.74) is 0.906. The van der Waals surface area contributed by atoms with E-state index in [-0.39, 0.29) is 23.3 Å². The van der Waals surface area contributed by atoms with Gasteiger partial charge >= 0.3 is 0 Å². The number of rotatable bonds is 3. The number of benzene rings is 1. The summed E-state index contributed by atoms with van der Waals surface area (Å²) in [5.74, 6) is 2.36. The van der Waals surface area contributed by atoms with E-state index >= 15 is 0 Å². The molecule has 1 aromatic carbocycles. The minimum Gasteiger partial charge on any atom is -0.350 e. The van der Waals surface area contributed by atoms with E-state index in [9.17, 15) is 9.59 Å². The maximum Gasteiger partial charge on any atom is 0.227 e. The van der Waals surface area contributed by atoms with Crippen molar-refractivity contribution in [2.24, 2.45) is 23.7 Å². The van der Waals surface area contributed by atoms with Crippen LogP contribution >= 0.6 is 15.9 Å². The van der Waals surface area contributed by atoms with E-state index in [0.717, 1.165) is 47.2 Å². The summed E-state index contributed by atoms with van der Waals surface area (Å²) in [7, 11) is 0. The summed E-state index contributed by atoms with van der Waals surface area (Å²) in [4.78, 5) is 27.2. The summed E-state index contributed by atoms with van der Waals surface area (Å²) >= 11 is 3.42. The number of hydrogen-bond donors (Lipinski definition) is 1. The Morgan fingerprint density at radius 3 is 2.19 bits per heavy atom. The highest BCUT2D eigenvalue weighted by Crippen LogP contribution is 2.55. The number of halogens is 1. The van der Waals surface area contributed by atoms with Gasteiger partial charge in [0.2, 0.25) is 11.8 Å². The zero-order valence-corrected chi connectivity index (χ0v) is 16.5. The van der Waals surface area contributed by atoms with Crippen molar-refractivity contribution in [3.8, 4) is 0 Å². The lowest BCUT2D eigenvalue weighted by Crippen LogP contribution is -2.60. The van der Waals surface area contributed by atoms with Crippen LogP contribution in [0.15, 0.2) is 28.7 Å². The molecule has 6 rings (SSSR count). The Kier molecular flexibility index (Phi) is 3.93. The third kappa shape index (κ3) is 2.88. The molecule has 1 aliphatic heterocycles. The molecule has 2 amide bonds. The third-order valence-electron chi connectivity index (χ3n) is 7.06. The fraction of sp³-hybridized carbons (Fsp3) is 0.619. The van der Waals surface area contributed by atoms with Gasteiger partial charge in [0.25, 0.3) is 0 Å². The van der Waals surface area contributed by atoms with Crippen LogP contribution in [0, 0.1) is 23.7 Å². The number of hydrogen-bond acceptors (Lipinski definition) is 2. The monoisotopic (exact) mass is 416 g/mol. The van der Waals surface area contributed by atoms with Gasteiger partial charge < -0.3 is 10.2 Å². The second kappa shape index (κ2) is 6.08. The van der Waals surface area contributed by atoms with Crippen molar-refractivity contribution in [3.05, 3.63) is 28.7 Å². The normalized spacial score (nSPS) is 38.0. The van der Waals surface area contributed by atoms with Crippen molar-refractivity contribution in [1.82, 2.24) is 5.32 Å². The number of carbonyl (C=O) groups excluding carboxylic acids is 2. The molecule has 138 valence electrons. The molecular weight excluding hydrogens is 392 g/mol. The summed E-state index contributed by atoms with van der Waals surface area (Å²) in [6, 6.07) is 7.74. The van der Waals surface area contributed by atoms with Gasteiger partial charge in [0.05, 0.1) is 5.92 Å². The Balaban J connectivity index is 1.28. The lowest BCUT2D eigenvalue weighted by atomic mass is 9.53. The van der Waals surface area contributed by atoms with Gasteiger partial charge in [0.15, 0.2) is 0 Å². The fourth-order valence-corrected chi connectivity index (χ4v) is 6.65. The smallest absolute Gasteiger partial charge is 0.227 e. The van der Waals surface area contributed by atoms with E-state index in [1.54, 1.807) is 4.90 Å². The zero-order chi connectivity index (χ0) is 17.9. The van der Waals surface area contributed by atoms with Crippen LogP contribution in [0.2, 0.25) is 0 Å². The average Bonchev–Trinajstić information content (AvgIpc) is 2.96. The van der Waals surface area contributed by atoms with Crippen LogP contribution in [-0.2, 0) is 9.59 Å². The lowest BCUT2D eigenvalue weighted by Gasteiger charge is -2.57. The van der Waals surface area contributed by atoms with Crippen LogP contribution in [0.4, 0.5) is 5.69 Å². The maximum absolute atomic E-state index is 13.0. The maximum atomic E-state index is 13.0. The molecule has 1 saturated heterocycles. The molecule has 26 heavy (non-hydrogen) atoms. The lowest BCUT2D eigenvalue weighted by molar-refractivity contribution is -0.131. The van der Waals surface area contributed by atoms with Crippen molar-refractivity contribution in [2.75, 3.05) is 11.4 Å². The van der Waals surface area contributed by atoms with Crippen molar-refractivity contribution in [2.45, 2.75) is 50.5 Å². The molecule has 0 unspecified atom stereocenters. The van der Waals surface area contributed by atoms with Gasteiger partial charge in [-0.2, -0.15) is 0 Å². The number of nitrogens with zero attached hydrogens (tertiary/aromatic N) is 1. The van der Waals surface area contributed by atoms with E-state index in [0.29, 0.717) is 13.0 Å². The molecule has 4 nitrogen and oxygen atoms in total. The van der Waals surface area contributed by atoms with Gasteiger partial charge in [0, 0.05) is 28.7 Å². The largest absolute Gasteiger partial charge is 0.350 e. The Morgan fingerprint density at radius 2 is 1.62 bits per heavy atom. The van der Waals surface area contributed by atoms with E-state index in [1.807, 2.05) is 24.3 Å². The number of carbonyl (C=O) groups is 2. The van der Waals surface area contributed by atoms with Crippen LogP contribution in [-0.4, -0.2) is 23.9 Å².